The fraction of sp³-hybridized carbons (Fsp3) is 0.111. The molecule has 4 nitrogen and oxygen atoms in total. The van der Waals surface area contributed by atoms with Gasteiger partial charge in [-0.05, 0) is 18.6 Å². The van der Waals surface area contributed by atoms with E-state index >= 15 is 0 Å². The van der Waals surface area contributed by atoms with E-state index in [1.807, 2.05) is 61.5 Å². The molecule has 0 saturated carbocycles. The Bertz CT molecular complexity index is 823. The minimum absolute atomic E-state index is 0.257. The monoisotopic (exact) mass is 291 g/mol. The van der Waals surface area contributed by atoms with Gasteiger partial charge in [-0.3, -0.25) is 4.79 Å². The predicted octanol–water partition coefficient (Wildman–Crippen LogP) is 2.79. The molecule has 1 heterocycles. The van der Waals surface area contributed by atoms with Crippen molar-refractivity contribution in [2.45, 2.75) is 13.0 Å². The number of benzene rings is 2. The number of aromatic amines is 1. The lowest BCUT2D eigenvalue weighted by atomic mass is 9.99. The van der Waals surface area contributed by atoms with Crippen molar-refractivity contribution < 1.29 is 0 Å². The first-order valence-corrected chi connectivity index (χ1v) is 7.12. The highest BCUT2D eigenvalue weighted by molar-refractivity contribution is 5.59. The Kier molecular flexibility index (Phi) is 3.85. The van der Waals surface area contributed by atoms with Crippen LogP contribution in [0, 0.1) is 6.92 Å². The Morgan fingerprint density at radius 3 is 2.41 bits per heavy atom. The molecule has 0 amide bonds. The van der Waals surface area contributed by atoms with Crippen molar-refractivity contribution >= 4 is 0 Å². The second-order valence-electron chi connectivity index (χ2n) is 5.29. The Hall–Kier alpha value is -2.72. The highest BCUT2D eigenvalue weighted by atomic mass is 16.1. The van der Waals surface area contributed by atoms with E-state index in [-0.39, 0.29) is 5.56 Å². The summed E-state index contributed by atoms with van der Waals surface area (Å²) in [5, 5.41) is 6.65. The summed E-state index contributed by atoms with van der Waals surface area (Å²) in [5.74, 6) is 0. The first-order valence-electron chi connectivity index (χ1n) is 7.12. The van der Waals surface area contributed by atoms with Gasteiger partial charge in [0, 0.05) is 11.1 Å². The zero-order valence-corrected chi connectivity index (χ0v) is 12.3. The molecule has 0 aliphatic rings. The summed E-state index contributed by atoms with van der Waals surface area (Å²) < 4.78 is 0. The highest BCUT2D eigenvalue weighted by Crippen LogP contribution is 2.21. The molecule has 0 saturated heterocycles. The van der Waals surface area contributed by atoms with Crippen molar-refractivity contribution in [1.29, 1.82) is 0 Å². The van der Waals surface area contributed by atoms with Crippen molar-refractivity contribution in [3.05, 3.63) is 87.7 Å². The molecule has 0 fully saturated rings. The van der Waals surface area contributed by atoms with Crippen LogP contribution in [0.1, 0.15) is 22.7 Å². The van der Waals surface area contributed by atoms with Gasteiger partial charge in [-0.15, -0.1) is 0 Å². The third-order valence-corrected chi connectivity index (χ3v) is 3.67. The van der Waals surface area contributed by atoms with Gasteiger partial charge in [0.1, 0.15) is 0 Å². The van der Waals surface area contributed by atoms with Crippen molar-refractivity contribution in [2.75, 3.05) is 0 Å². The second-order valence-corrected chi connectivity index (χ2v) is 5.29. The number of nitrogens with zero attached hydrogens (tertiary/aromatic N) is 1. The van der Waals surface area contributed by atoms with Gasteiger partial charge in [-0.2, -0.15) is 5.10 Å². The lowest BCUT2D eigenvalue weighted by molar-refractivity contribution is 0.827. The third-order valence-electron chi connectivity index (χ3n) is 3.67. The molecule has 110 valence electrons. The van der Waals surface area contributed by atoms with Crippen LogP contribution in [0.2, 0.25) is 0 Å². The van der Waals surface area contributed by atoms with Crippen LogP contribution in [0.4, 0.5) is 0 Å². The molecule has 3 rings (SSSR count). The van der Waals surface area contributed by atoms with E-state index < -0.39 is 6.04 Å². The number of rotatable bonds is 3. The van der Waals surface area contributed by atoms with Crippen LogP contribution in [0.15, 0.2) is 65.5 Å². The van der Waals surface area contributed by atoms with E-state index in [0.717, 1.165) is 16.7 Å². The highest BCUT2D eigenvalue weighted by Gasteiger charge is 2.14. The molecule has 3 aromatic rings. The Balaban J connectivity index is 2.03. The average molecular weight is 291 g/mol. The van der Waals surface area contributed by atoms with Crippen molar-refractivity contribution in [3.8, 4) is 11.3 Å². The standard InChI is InChI=1S/C18H17N3O/c1-12-7-9-14(10-8-12)17(19)15-11-16(20-21-18(15)22)13-5-3-2-4-6-13/h2-11,17H,19H2,1H3,(H,21,22). The normalized spacial score (nSPS) is 12.1. The fourth-order valence-electron chi connectivity index (χ4n) is 2.36. The first-order chi connectivity index (χ1) is 10.6. The third kappa shape index (κ3) is 2.82. The molecule has 22 heavy (non-hydrogen) atoms. The topological polar surface area (TPSA) is 71.8 Å². The number of nitrogens with two attached hydrogens (primary N) is 1. The molecule has 2 aromatic carbocycles. The van der Waals surface area contributed by atoms with E-state index in [9.17, 15) is 4.79 Å². The van der Waals surface area contributed by atoms with E-state index in [0.29, 0.717) is 11.3 Å². The summed E-state index contributed by atoms with van der Waals surface area (Å²) >= 11 is 0. The Morgan fingerprint density at radius 2 is 1.73 bits per heavy atom. The van der Waals surface area contributed by atoms with Crippen molar-refractivity contribution in [3.63, 3.8) is 0 Å². The first kappa shape index (κ1) is 14.2. The molecule has 1 aromatic heterocycles. The van der Waals surface area contributed by atoms with Crippen LogP contribution in [-0.4, -0.2) is 10.2 Å². The molecular weight excluding hydrogens is 274 g/mol. The number of hydrogen-bond acceptors (Lipinski definition) is 3. The quantitative estimate of drug-likeness (QED) is 0.779. The average Bonchev–Trinajstić information content (AvgIpc) is 2.56. The van der Waals surface area contributed by atoms with Crippen molar-refractivity contribution in [2.24, 2.45) is 5.73 Å². The van der Waals surface area contributed by atoms with E-state index in [1.165, 1.54) is 0 Å². The molecular formula is C18H17N3O. The predicted molar refractivity (Wildman–Crippen MR) is 87.5 cm³/mol. The lowest BCUT2D eigenvalue weighted by Crippen LogP contribution is -2.23. The molecule has 1 atom stereocenters. The van der Waals surface area contributed by atoms with Crippen LogP contribution in [0.25, 0.3) is 11.3 Å². The summed E-state index contributed by atoms with van der Waals surface area (Å²) in [6, 6.07) is 18.9. The summed E-state index contributed by atoms with van der Waals surface area (Å²) in [5.41, 5.74) is 10.2. The maximum absolute atomic E-state index is 12.1. The van der Waals surface area contributed by atoms with Gasteiger partial charge < -0.3 is 5.73 Å². The smallest absolute Gasteiger partial charge is 0.269 e. The molecule has 1 unspecified atom stereocenters. The zero-order valence-electron chi connectivity index (χ0n) is 12.3. The van der Waals surface area contributed by atoms with Gasteiger partial charge in [-0.1, -0.05) is 60.2 Å². The fourth-order valence-corrected chi connectivity index (χ4v) is 2.36. The van der Waals surface area contributed by atoms with Gasteiger partial charge in [0.25, 0.3) is 5.56 Å². The second kappa shape index (κ2) is 5.95. The van der Waals surface area contributed by atoms with E-state index in [2.05, 4.69) is 10.2 Å². The van der Waals surface area contributed by atoms with Crippen molar-refractivity contribution in [1.82, 2.24) is 10.2 Å². The molecule has 0 radical (unpaired) electrons. The van der Waals surface area contributed by atoms with Crippen LogP contribution >= 0.6 is 0 Å². The number of aromatic nitrogens is 2. The van der Waals surface area contributed by atoms with Crippen LogP contribution in [0.3, 0.4) is 0 Å². The number of H-pyrrole nitrogens is 1. The minimum atomic E-state index is -0.477. The Labute approximate surface area is 128 Å². The summed E-state index contributed by atoms with van der Waals surface area (Å²) in [7, 11) is 0. The molecule has 0 bridgehead atoms. The molecule has 3 N–H and O–H groups in total. The minimum Gasteiger partial charge on any atom is -0.320 e. The SMILES string of the molecule is Cc1ccc(C(N)c2cc(-c3ccccc3)n[nH]c2=O)cc1. The Morgan fingerprint density at radius 1 is 1.05 bits per heavy atom. The summed E-state index contributed by atoms with van der Waals surface area (Å²) in [6.07, 6.45) is 0. The zero-order chi connectivity index (χ0) is 15.5. The number of aryl methyl sites for hydroxylation is 1. The molecule has 0 spiro atoms. The summed E-state index contributed by atoms with van der Waals surface area (Å²) in [4.78, 5) is 12.1. The lowest BCUT2D eigenvalue weighted by Gasteiger charge is -2.12. The van der Waals surface area contributed by atoms with Crippen LogP contribution < -0.4 is 11.3 Å². The maximum atomic E-state index is 12.1. The van der Waals surface area contributed by atoms with Gasteiger partial charge in [0.2, 0.25) is 0 Å². The summed E-state index contributed by atoms with van der Waals surface area (Å²) in [6.45, 7) is 2.02. The maximum Gasteiger partial charge on any atom is 0.269 e. The van der Waals surface area contributed by atoms with E-state index in [1.54, 1.807) is 6.07 Å². The van der Waals surface area contributed by atoms with Crippen LogP contribution in [0.5, 0.6) is 0 Å². The van der Waals surface area contributed by atoms with Gasteiger partial charge >= 0.3 is 0 Å². The van der Waals surface area contributed by atoms with Gasteiger partial charge in [0.05, 0.1) is 11.7 Å². The number of hydrogen-bond donors (Lipinski definition) is 2. The van der Waals surface area contributed by atoms with Crippen LogP contribution in [-0.2, 0) is 0 Å². The molecule has 4 heteroatoms. The van der Waals surface area contributed by atoms with E-state index in [4.69, 9.17) is 5.73 Å². The number of nitrogens with one attached hydrogen (secondary N) is 1. The van der Waals surface area contributed by atoms with Gasteiger partial charge in [-0.25, -0.2) is 5.10 Å². The molecule has 0 aliphatic carbocycles. The van der Waals surface area contributed by atoms with Gasteiger partial charge in [0.15, 0.2) is 0 Å². The molecule has 0 aliphatic heterocycles. The largest absolute Gasteiger partial charge is 0.320 e.